The fourth-order valence-corrected chi connectivity index (χ4v) is 6.14. The normalized spacial score (nSPS) is 26.7. The van der Waals surface area contributed by atoms with Crippen LogP contribution in [0.4, 0.5) is 8.78 Å². The Kier molecular flexibility index (Phi) is 9.31. The zero-order chi connectivity index (χ0) is 23.1. The van der Waals surface area contributed by atoms with Crippen LogP contribution in [-0.2, 0) is 0 Å². The summed E-state index contributed by atoms with van der Waals surface area (Å²) in [6.45, 7) is 3.95. The molecule has 0 atom stereocenters. The van der Waals surface area contributed by atoms with Crippen molar-refractivity contribution < 1.29 is 18.7 Å². The fourth-order valence-electron chi connectivity index (χ4n) is 6.14. The van der Waals surface area contributed by atoms with Gasteiger partial charge in [0.1, 0.15) is 5.75 Å². The van der Waals surface area contributed by atoms with Crippen LogP contribution in [0.15, 0.2) is 24.3 Å². The van der Waals surface area contributed by atoms with E-state index in [9.17, 15) is 18.7 Å². The predicted octanol–water partition coefficient (Wildman–Crippen LogP) is 8.75. The largest absolute Gasteiger partial charge is 0.507 e. The van der Waals surface area contributed by atoms with Gasteiger partial charge in [-0.05, 0) is 100 Å². The molecule has 0 aliphatic heterocycles. The highest BCUT2D eigenvalue weighted by molar-refractivity contribution is 5.99. The number of ketones is 1. The van der Waals surface area contributed by atoms with Crippen LogP contribution < -0.4 is 0 Å². The van der Waals surface area contributed by atoms with E-state index in [1.54, 1.807) is 12.1 Å². The average molecular weight is 447 g/mol. The highest BCUT2D eigenvalue weighted by atomic mass is 19.3. The molecule has 0 spiro atoms. The minimum Gasteiger partial charge on any atom is -0.507 e. The van der Waals surface area contributed by atoms with Gasteiger partial charge in [0.05, 0.1) is 11.1 Å². The van der Waals surface area contributed by atoms with Crippen LogP contribution >= 0.6 is 0 Å². The molecule has 1 aromatic carbocycles. The van der Waals surface area contributed by atoms with E-state index in [2.05, 4.69) is 19.1 Å². The highest BCUT2D eigenvalue weighted by Crippen LogP contribution is 2.47. The van der Waals surface area contributed by atoms with Crippen molar-refractivity contribution in [3.63, 3.8) is 0 Å². The van der Waals surface area contributed by atoms with E-state index in [1.807, 2.05) is 6.92 Å². The van der Waals surface area contributed by atoms with Crippen LogP contribution in [0, 0.1) is 17.8 Å². The van der Waals surface area contributed by atoms with Crippen LogP contribution in [-0.4, -0.2) is 10.9 Å². The number of hydrogen-bond donors (Lipinski definition) is 1. The second kappa shape index (κ2) is 12.0. The monoisotopic (exact) mass is 446 g/mol. The molecule has 0 aromatic heterocycles. The summed E-state index contributed by atoms with van der Waals surface area (Å²) in [6, 6.07) is 3.25. The molecule has 0 saturated heterocycles. The zero-order valence-electron chi connectivity index (χ0n) is 19.8. The first-order valence-corrected chi connectivity index (χ1v) is 12.7. The van der Waals surface area contributed by atoms with Crippen LogP contribution in [0.1, 0.15) is 125 Å². The summed E-state index contributed by atoms with van der Waals surface area (Å²) in [4.78, 5) is 12.2. The third-order valence-electron chi connectivity index (χ3n) is 7.99. The molecule has 0 bridgehead atoms. The number of allylic oxidation sites excluding steroid dienone is 2. The number of Topliss-reactive ketones (excluding diaryl/α,β-unsaturated/α-hetero) is 1. The summed E-state index contributed by atoms with van der Waals surface area (Å²) in [6.07, 6.45) is 14.3. The van der Waals surface area contributed by atoms with Gasteiger partial charge >= 0.3 is 0 Å². The smallest absolute Gasteiger partial charge is 0.267 e. The summed E-state index contributed by atoms with van der Waals surface area (Å²) < 4.78 is 27.8. The maximum absolute atomic E-state index is 13.9. The predicted molar refractivity (Wildman–Crippen MR) is 126 cm³/mol. The molecular formula is C28H40F2O2. The van der Waals surface area contributed by atoms with Gasteiger partial charge in [0, 0.05) is 6.42 Å². The molecule has 1 N–H and O–H groups in total. The van der Waals surface area contributed by atoms with E-state index < -0.39 is 12.2 Å². The van der Waals surface area contributed by atoms with Gasteiger partial charge in [-0.3, -0.25) is 4.79 Å². The third-order valence-corrected chi connectivity index (χ3v) is 7.99. The molecule has 2 aliphatic carbocycles. The van der Waals surface area contributed by atoms with Gasteiger partial charge in [-0.25, -0.2) is 8.78 Å². The summed E-state index contributed by atoms with van der Waals surface area (Å²) in [5.74, 6) is 1.65. The molecule has 2 fully saturated rings. The summed E-state index contributed by atoms with van der Waals surface area (Å²) in [7, 11) is 0. The number of carbonyl (C=O) groups excluding carboxylic acids is 1. The summed E-state index contributed by atoms with van der Waals surface area (Å²) in [5.41, 5.74) is 0.291. The van der Waals surface area contributed by atoms with E-state index in [-0.39, 0.29) is 29.2 Å². The SMILES string of the molecule is C/C=C/CCC1CCC(C2CCC(c3ccc(C(=O)CCC)c(O)c3C(F)F)CC2)CC1. The molecule has 3 rings (SSSR count). The number of aromatic hydroxyl groups is 1. The minimum absolute atomic E-state index is 0.0470. The molecule has 0 heterocycles. The molecule has 2 nitrogen and oxygen atoms in total. The lowest BCUT2D eigenvalue weighted by atomic mass is 9.67. The Bertz CT molecular complexity index is 770. The van der Waals surface area contributed by atoms with Crippen molar-refractivity contribution >= 4 is 5.78 Å². The molecule has 2 saturated carbocycles. The fraction of sp³-hybridized carbons (Fsp3) is 0.679. The van der Waals surface area contributed by atoms with Crippen LogP contribution in [0.5, 0.6) is 5.75 Å². The zero-order valence-corrected chi connectivity index (χ0v) is 19.8. The first kappa shape index (κ1) is 24.9. The molecule has 0 unspecified atom stereocenters. The Hall–Kier alpha value is -1.71. The van der Waals surface area contributed by atoms with E-state index in [0.717, 1.165) is 37.5 Å². The van der Waals surface area contributed by atoms with Gasteiger partial charge in [0.2, 0.25) is 0 Å². The number of carbonyl (C=O) groups is 1. The molecule has 4 heteroatoms. The lowest BCUT2D eigenvalue weighted by molar-refractivity contribution is 0.0977. The van der Waals surface area contributed by atoms with Gasteiger partial charge in [-0.1, -0.05) is 38.0 Å². The van der Waals surface area contributed by atoms with Crippen LogP contribution in [0.2, 0.25) is 0 Å². The molecule has 0 amide bonds. The van der Waals surface area contributed by atoms with Crippen molar-refractivity contribution in [3.05, 3.63) is 41.0 Å². The lowest BCUT2D eigenvalue weighted by Gasteiger charge is -2.38. The number of alkyl halides is 2. The van der Waals surface area contributed by atoms with Crippen molar-refractivity contribution in [3.8, 4) is 5.75 Å². The van der Waals surface area contributed by atoms with Crippen LogP contribution in [0.3, 0.4) is 0 Å². The number of halogens is 2. The lowest BCUT2D eigenvalue weighted by Crippen LogP contribution is -2.25. The average Bonchev–Trinajstić information content (AvgIpc) is 2.79. The maximum Gasteiger partial charge on any atom is 0.267 e. The van der Waals surface area contributed by atoms with Gasteiger partial charge in [-0.2, -0.15) is 0 Å². The number of benzene rings is 1. The van der Waals surface area contributed by atoms with E-state index in [0.29, 0.717) is 17.9 Å². The Labute approximate surface area is 192 Å². The number of rotatable bonds is 9. The van der Waals surface area contributed by atoms with Crippen molar-refractivity contribution in [2.24, 2.45) is 17.8 Å². The summed E-state index contributed by atoms with van der Waals surface area (Å²) >= 11 is 0. The molecule has 2 aliphatic rings. The first-order chi connectivity index (χ1) is 15.5. The van der Waals surface area contributed by atoms with Gasteiger partial charge in [-0.15, -0.1) is 0 Å². The second-order valence-corrected chi connectivity index (χ2v) is 9.98. The number of phenolic OH excluding ortho intramolecular Hbond substituents is 1. The first-order valence-electron chi connectivity index (χ1n) is 12.7. The van der Waals surface area contributed by atoms with Gasteiger partial charge in [0.25, 0.3) is 6.43 Å². The van der Waals surface area contributed by atoms with E-state index in [4.69, 9.17) is 0 Å². The van der Waals surface area contributed by atoms with Crippen molar-refractivity contribution in [1.29, 1.82) is 0 Å². The Morgan fingerprint density at radius 2 is 1.69 bits per heavy atom. The molecule has 178 valence electrons. The van der Waals surface area contributed by atoms with Crippen molar-refractivity contribution in [2.75, 3.05) is 0 Å². The summed E-state index contributed by atoms with van der Waals surface area (Å²) in [5, 5.41) is 10.5. The Morgan fingerprint density at radius 1 is 1.06 bits per heavy atom. The van der Waals surface area contributed by atoms with Crippen molar-refractivity contribution in [2.45, 2.75) is 103 Å². The van der Waals surface area contributed by atoms with Crippen molar-refractivity contribution in [1.82, 2.24) is 0 Å². The Balaban J connectivity index is 1.60. The molecule has 0 radical (unpaired) electrons. The number of phenols is 1. The second-order valence-electron chi connectivity index (χ2n) is 9.98. The van der Waals surface area contributed by atoms with Gasteiger partial charge in [0.15, 0.2) is 5.78 Å². The minimum atomic E-state index is -2.77. The number of hydrogen-bond acceptors (Lipinski definition) is 2. The van der Waals surface area contributed by atoms with E-state index >= 15 is 0 Å². The van der Waals surface area contributed by atoms with E-state index in [1.165, 1.54) is 38.5 Å². The quantitative estimate of drug-likeness (QED) is 0.304. The topological polar surface area (TPSA) is 37.3 Å². The molecule has 1 aromatic rings. The van der Waals surface area contributed by atoms with Gasteiger partial charge < -0.3 is 5.11 Å². The Morgan fingerprint density at radius 3 is 2.25 bits per heavy atom. The standard InChI is InChI=1S/C28H40F2O2/c1-3-5-6-8-19-9-11-20(12-10-19)21-13-15-22(16-14-21)23-17-18-24(25(31)7-4-2)27(32)26(23)28(29)30/h3,5,17-22,28,32H,4,6-16H2,1-2H3/b5-3+. The van der Waals surface area contributed by atoms with Crippen LogP contribution in [0.25, 0.3) is 0 Å². The molecule has 32 heavy (non-hydrogen) atoms. The maximum atomic E-state index is 13.9. The highest BCUT2D eigenvalue weighted by Gasteiger charge is 2.33. The third kappa shape index (κ3) is 5.99. The molecular weight excluding hydrogens is 406 g/mol.